The lowest BCUT2D eigenvalue weighted by Crippen LogP contribution is -2.23. The second kappa shape index (κ2) is 10.2. The van der Waals surface area contributed by atoms with Crippen LogP contribution >= 0.6 is 23.4 Å². The van der Waals surface area contributed by atoms with Crippen molar-refractivity contribution in [3.63, 3.8) is 0 Å². The van der Waals surface area contributed by atoms with Gasteiger partial charge in [0, 0.05) is 29.5 Å². The average molecular weight is 350 g/mol. The third-order valence-electron chi connectivity index (χ3n) is 3.15. The van der Waals surface area contributed by atoms with Crippen molar-refractivity contribution in [2.75, 3.05) is 18.1 Å². The summed E-state index contributed by atoms with van der Waals surface area (Å²) in [6.45, 7) is 1.12. The third kappa shape index (κ3) is 6.97. The third-order valence-corrected chi connectivity index (χ3v) is 4.46. The van der Waals surface area contributed by atoms with Gasteiger partial charge in [0.2, 0.25) is 5.91 Å². The van der Waals surface area contributed by atoms with Crippen LogP contribution < -0.4 is 10.1 Å². The van der Waals surface area contributed by atoms with Crippen molar-refractivity contribution in [2.45, 2.75) is 13.0 Å². The van der Waals surface area contributed by atoms with Crippen LogP contribution in [-0.4, -0.2) is 24.0 Å². The van der Waals surface area contributed by atoms with E-state index >= 15 is 0 Å². The minimum absolute atomic E-state index is 0.0430. The highest BCUT2D eigenvalue weighted by atomic mass is 35.5. The standard InChI is InChI=1S/C18H20ClNO2S/c19-17-9-5-4-6-15(17)14-20-18(21)10-12-23-13-11-22-16-7-2-1-3-8-16/h1-9H,10-14H2,(H,20,21). The molecule has 0 atom stereocenters. The summed E-state index contributed by atoms with van der Waals surface area (Å²) in [5.74, 6) is 2.58. The Morgan fingerprint density at radius 3 is 2.57 bits per heavy atom. The average Bonchev–Trinajstić information content (AvgIpc) is 2.58. The zero-order valence-electron chi connectivity index (χ0n) is 12.8. The van der Waals surface area contributed by atoms with E-state index in [1.807, 2.05) is 54.6 Å². The zero-order valence-corrected chi connectivity index (χ0v) is 14.4. The molecule has 3 nitrogen and oxygen atoms in total. The van der Waals surface area contributed by atoms with E-state index in [0.29, 0.717) is 24.6 Å². The SMILES string of the molecule is O=C(CCSCCOc1ccccc1)NCc1ccccc1Cl. The molecule has 0 saturated carbocycles. The molecule has 0 unspecified atom stereocenters. The summed E-state index contributed by atoms with van der Waals surface area (Å²) in [5.41, 5.74) is 0.937. The summed E-state index contributed by atoms with van der Waals surface area (Å²) in [6.07, 6.45) is 0.500. The maximum absolute atomic E-state index is 11.8. The van der Waals surface area contributed by atoms with Gasteiger partial charge in [-0.25, -0.2) is 0 Å². The molecule has 0 aromatic heterocycles. The lowest BCUT2D eigenvalue weighted by Gasteiger charge is -2.07. The molecule has 2 aromatic carbocycles. The molecule has 0 aliphatic heterocycles. The lowest BCUT2D eigenvalue weighted by atomic mass is 10.2. The van der Waals surface area contributed by atoms with Crippen molar-refractivity contribution >= 4 is 29.3 Å². The van der Waals surface area contributed by atoms with Crippen LogP contribution in [0, 0.1) is 0 Å². The Balaban J connectivity index is 1.52. The second-order valence-electron chi connectivity index (χ2n) is 4.89. The molecule has 2 rings (SSSR count). The number of ether oxygens (including phenoxy) is 1. The molecular weight excluding hydrogens is 330 g/mol. The van der Waals surface area contributed by atoms with E-state index in [9.17, 15) is 4.79 Å². The predicted molar refractivity (Wildman–Crippen MR) is 97.2 cm³/mol. The van der Waals surface area contributed by atoms with Gasteiger partial charge < -0.3 is 10.1 Å². The zero-order chi connectivity index (χ0) is 16.3. The Labute approximate surface area is 146 Å². The van der Waals surface area contributed by atoms with E-state index in [1.165, 1.54) is 0 Å². The van der Waals surface area contributed by atoms with E-state index in [4.69, 9.17) is 16.3 Å². The minimum Gasteiger partial charge on any atom is -0.493 e. The van der Waals surface area contributed by atoms with Crippen LogP contribution in [0.15, 0.2) is 54.6 Å². The molecule has 0 bridgehead atoms. The fourth-order valence-corrected chi connectivity index (χ4v) is 2.86. The van der Waals surface area contributed by atoms with Gasteiger partial charge in [-0.3, -0.25) is 4.79 Å². The van der Waals surface area contributed by atoms with Crippen LogP contribution in [0.4, 0.5) is 0 Å². The first kappa shape index (κ1) is 17.7. The van der Waals surface area contributed by atoms with E-state index < -0.39 is 0 Å². The Hall–Kier alpha value is -1.65. The first-order chi connectivity index (χ1) is 11.3. The second-order valence-corrected chi connectivity index (χ2v) is 6.52. The number of hydrogen-bond donors (Lipinski definition) is 1. The number of para-hydroxylation sites is 1. The number of nitrogens with one attached hydrogen (secondary N) is 1. The summed E-state index contributed by atoms with van der Waals surface area (Å²) in [7, 11) is 0. The molecular formula is C18H20ClNO2S. The Kier molecular flexibility index (Phi) is 7.84. The summed E-state index contributed by atoms with van der Waals surface area (Å²) < 4.78 is 5.60. The van der Waals surface area contributed by atoms with Gasteiger partial charge in [-0.05, 0) is 23.8 Å². The number of hydrogen-bond acceptors (Lipinski definition) is 3. The Morgan fingerprint density at radius 1 is 1.04 bits per heavy atom. The van der Waals surface area contributed by atoms with Gasteiger partial charge in [-0.15, -0.1) is 0 Å². The van der Waals surface area contributed by atoms with E-state index in [-0.39, 0.29) is 5.91 Å². The number of thioether (sulfide) groups is 1. The molecule has 0 saturated heterocycles. The number of halogens is 1. The first-order valence-corrected chi connectivity index (χ1v) is 9.04. The maximum atomic E-state index is 11.8. The van der Waals surface area contributed by atoms with Crippen LogP contribution in [0.1, 0.15) is 12.0 Å². The van der Waals surface area contributed by atoms with Crippen molar-refractivity contribution in [2.24, 2.45) is 0 Å². The topological polar surface area (TPSA) is 38.3 Å². The van der Waals surface area contributed by atoms with Gasteiger partial charge in [-0.2, -0.15) is 11.8 Å². The molecule has 122 valence electrons. The monoisotopic (exact) mass is 349 g/mol. The van der Waals surface area contributed by atoms with E-state index in [1.54, 1.807) is 11.8 Å². The van der Waals surface area contributed by atoms with E-state index in [0.717, 1.165) is 22.8 Å². The summed E-state index contributed by atoms with van der Waals surface area (Å²) >= 11 is 7.76. The van der Waals surface area contributed by atoms with Gasteiger partial charge in [0.15, 0.2) is 0 Å². The highest BCUT2D eigenvalue weighted by molar-refractivity contribution is 7.99. The molecule has 0 heterocycles. The molecule has 1 amide bonds. The van der Waals surface area contributed by atoms with Gasteiger partial charge in [0.1, 0.15) is 5.75 Å². The van der Waals surface area contributed by atoms with Crippen LogP contribution in [0.25, 0.3) is 0 Å². The molecule has 0 aliphatic rings. The molecule has 0 spiro atoms. The van der Waals surface area contributed by atoms with Crippen molar-refractivity contribution < 1.29 is 9.53 Å². The number of carbonyl (C=O) groups excluding carboxylic acids is 1. The quantitative estimate of drug-likeness (QED) is 0.691. The number of amides is 1. The molecule has 1 N–H and O–H groups in total. The molecule has 5 heteroatoms. The van der Waals surface area contributed by atoms with Crippen LogP contribution in [-0.2, 0) is 11.3 Å². The minimum atomic E-state index is 0.0430. The van der Waals surface area contributed by atoms with Gasteiger partial charge in [0.05, 0.1) is 6.61 Å². The Morgan fingerprint density at radius 2 is 1.78 bits per heavy atom. The van der Waals surface area contributed by atoms with Crippen molar-refractivity contribution in [3.8, 4) is 5.75 Å². The van der Waals surface area contributed by atoms with Gasteiger partial charge in [-0.1, -0.05) is 48.0 Å². The first-order valence-electron chi connectivity index (χ1n) is 7.51. The smallest absolute Gasteiger partial charge is 0.221 e. The molecule has 2 aromatic rings. The van der Waals surface area contributed by atoms with Crippen LogP contribution in [0.2, 0.25) is 5.02 Å². The molecule has 0 aliphatic carbocycles. The largest absolute Gasteiger partial charge is 0.493 e. The lowest BCUT2D eigenvalue weighted by molar-refractivity contribution is -0.120. The van der Waals surface area contributed by atoms with Crippen molar-refractivity contribution in [1.29, 1.82) is 0 Å². The normalized spacial score (nSPS) is 10.3. The highest BCUT2D eigenvalue weighted by Crippen LogP contribution is 2.14. The number of carbonyl (C=O) groups is 1. The molecule has 0 fully saturated rings. The highest BCUT2D eigenvalue weighted by Gasteiger charge is 2.03. The van der Waals surface area contributed by atoms with Crippen LogP contribution in [0.3, 0.4) is 0 Å². The number of rotatable bonds is 9. The summed E-state index contributed by atoms with van der Waals surface area (Å²) in [6, 6.07) is 17.3. The van der Waals surface area contributed by atoms with Gasteiger partial charge >= 0.3 is 0 Å². The molecule has 0 radical (unpaired) electrons. The maximum Gasteiger partial charge on any atom is 0.221 e. The van der Waals surface area contributed by atoms with Gasteiger partial charge in [0.25, 0.3) is 0 Å². The summed E-state index contributed by atoms with van der Waals surface area (Å²) in [4.78, 5) is 11.8. The Bertz CT molecular complexity index is 607. The summed E-state index contributed by atoms with van der Waals surface area (Å²) in [5, 5.41) is 3.57. The fourth-order valence-electron chi connectivity index (χ4n) is 1.93. The molecule has 23 heavy (non-hydrogen) atoms. The van der Waals surface area contributed by atoms with Crippen molar-refractivity contribution in [3.05, 3.63) is 65.2 Å². The number of benzene rings is 2. The van der Waals surface area contributed by atoms with E-state index in [2.05, 4.69) is 5.32 Å². The fraction of sp³-hybridized carbons (Fsp3) is 0.278. The van der Waals surface area contributed by atoms with Crippen molar-refractivity contribution in [1.82, 2.24) is 5.32 Å². The van der Waals surface area contributed by atoms with Crippen LogP contribution in [0.5, 0.6) is 5.75 Å². The predicted octanol–water partition coefficient (Wildman–Crippen LogP) is 4.16.